The van der Waals surface area contributed by atoms with Gasteiger partial charge < -0.3 is 20.1 Å². The second kappa shape index (κ2) is 7.96. The molecule has 7 nitrogen and oxygen atoms in total. The molecule has 3 rings (SSSR count). The van der Waals surface area contributed by atoms with Crippen LogP contribution < -0.4 is 10.5 Å². The number of nitrogens with two attached hydrogens (primary N) is 1. The van der Waals surface area contributed by atoms with Crippen LogP contribution in [0.5, 0.6) is 5.75 Å². The number of nitrogens with zero attached hydrogens (tertiary/aromatic N) is 1. The number of nitrogens with one attached hydrogen (secondary N) is 1. The SMILES string of the molecule is CCc1c(C(=N)C(N)=O)c2c(OCC(=O)O)cccc2n1Cc1ccccc1. The van der Waals surface area contributed by atoms with E-state index >= 15 is 0 Å². The Morgan fingerprint density at radius 3 is 2.46 bits per heavy atom. The molecule has 2 aromatic carbocycles. The number of fused-ring (bicyclic) bond motifs is 1. The number of rotatable bonds is 8. The molecule has 144 valence electrons. The molecule has 0 spiro atoms. The van der Waals surface area contributed by atoms with Crippen LogP contribution in [0.3, 0.4) is 0 Å². The topological polar surface area (TPSA) is 118 Å². The Hall–Kier alpha value is -3.61. The molecule has 28 heavy (non-hydrogen) atoms. The second-order valence-corrected chi connectivity index (χ2v) is 6.32. The van der Waals surface area contributed by atoms with E-state index in [1.165, 1.54) is 0 Å². The minimum absolute atomic E-state index is 0.308. The number of hydrogen-bond donors (Lipinski definition) is 3. The maximum absolute atomic E-state index is 11.8. The maximum atomic E-state index is 11.8. The number of aliphatic carboxylic acids is 1. The fourth-order valence-electron chi connectivity index (χ4n) is 3.39. The van der Waals surface area contributed by atoms with Gasteiger partial charge in [-0.3, -0.25) is 10.2 Å². The number of carboxylic acids is 1. The number of carboxylic acid groups (broad SMARTS) is 1. The van der Waals surface area contributed by atoms with Crippen LogP contribution in [-0.2, 0) is 22.6 Å². The highest BCUT2D eigenvalue weighted by Gasteiger charge is 2.25. The van der Waals surface area contributed by atoms with Crippen LogP contribution in [0, 0.1) is 5.41 Å². The highest BCUT2D eigenvalue weighted by molar-refractivity contribution is 6.46. The second-order valence-electron chi connectivity index (χ2n) is 6.32. The van der Waals surface area contributed by atoms with Crippen molar-refractivity contribution in [1.29, 1.82) is 5.41 Å². The van der Waals surface area contributed by atoms with E-state index < -0.39 is 18.5 Å². The molecule has 0 aliphatic rings. The van der Waals surface area contributed by atoms with Crippen molar-refractivity contribution in [2.45, 2.75) is 19.9 Å². The average molecular weight is 379 g/mol. The molecule has 0 saturated heterocycles. The number of primary amides is 1. The molecule has 0 atom stereocenters. The van der Waals surface area contributed by atoms with E-state index in [4.69, 9.17) is 21.0 Å². The van der Waals surface area contributed by atoms with Crippen LogP contribution >= 0.6 is 0 Å². The van der Waals surface area contributed by atoms with Crippen LogP contribution in [0.25, 0.3) is 10.9 Å². The Morgan fingerprint density at radius 2 is 1.86 bits per heavy atom. The monoisotopic (exact) mass is 379 g/mol. The zero-order chi connectivity index (χ0) is 20.3. The Labute approximate surface area is 161 Å². The van der Waals surface area contributed by atoms with Gasteiger partial charge in [0.25, 0.3) is 5.91 Å². The minimum atomic E-state index is -1.11. The van der Waals surface area contributed by atoms with Gasteiger partial charge in [0.1, 0.15) is 11.5 Å². The van der Waals surface area contributed by atoms with Crippen LogP contribution in [-0.4, -0.2) is 33.9 Å². The lowest BCUT2D eigenvalue weighted by Crippen LogP contribution is -2.24. The first-order valence-corrected chi connectivity index (χ1v) is 8.85. The summed E-state index contributed by atoms with van der Waals surface area (Å²) in [6, 6.07) is 15.1. The predicted octanol–water partition coefficient (Wildman–Crippen LogP) is 2.57. The fraction of sp³-hybridized carbons (Fsp3) is 0.190. The number of ether oxygens (including phenoxy) is 1. The molecule has 0 bridgehead atoms. The van der Waals surface area contributed by atoms with E-state index in [0.29, 0.717) is 29.7 Å². The molecule has 0 fully saturated rings. The quantitative estimate of drug-likeness (QED) is 0.521. The van der Waals surface area contributed by atoms with Crippen LogP contribution in [0.2, 0.25) is 0 Å². The van der Waals surface area contributed by atoms with Crippen molar-refractivity contribution in [3.63, 3.8) is 0 Å². The number of carbonyl (C=O) groups is 2. The van der Waals surface area contributed by atoms with Crippen molar-refractivity contribution < 1.29 is 19.4 Å². The molecule has 0 aliphatic carbocycles. The molecule has 1 aromatic heterocycles. The van der Waals surface area contributed by atoms with Crippen molar-refractivity contribution >= 4 is 28.5 Å². The van der Waals surface area contributed by atoms with E-state index in [0.717, 1.165) is 16.8 Å². The number of hydrogen-bond acceptors (Lipinski definition) is 4. The van der Waals surface area contributed by atoms with Gasteiger partial charge in [0.15, 0.2) is 6.61 Å². The third kappa shape index (κ3) is 3.59. The Bertz CT molecular complexity index is 1050. The van der Waals surface area contributed by atoms with Crippen molar-refractivity contribution in [2.24, 2.45) is 5.73 Å². The molecule has 3 aromatic rings. The highest BCUT2D eigenvalue weighted by Crippen LogP contribution is 2.35. The summed E-state index contributed by atoms with van der Waals surface area (Å²) >= 11 is 0. The molecule has 4 N–H and O–H groups in total. The zero-order valence-electron chi connectivity index (χ0n) is 15.4. The Balaban J connectivity index is 2.27. The smallest absolute Gasteiger partial charge is 0.341 e. The van der Waals surface area contributed by atoms with E-state index in [-0.39, 0.29) is 5.71 Å². The highest BCUT2D eigenvalue weighted by atomic mass is 16.5. The summed E-state index contributed by atoms with van der Waals surface area (Å²) in [7, 11) is 0. The third-order valence-electron chi connectivity index (χ3n) is 4.53. The Kier molecular flexibility index (Phi) is 5.44. The standard InChI is InChI=1S/C21H21N3O4/c1-2-14-19(20(22)21(23)27)18-15(9-6-10-16(18)28-12-17(25)26)24(14)11-13-7-4-3-5-8-13/h3-10,22H,2,11-12H2,1H3,(H2,23,27)(H,25,26). The molecule has 0 unspecified atom stereocenters. The average Bonchev–Trinajstić information content (AvgIpc) is 3.00. The summed E-state index contributed by atoms with van der Waals surface area (Å²) in [4.78, 5) is 22.8. The molecule has 0 radical (unpaired) electrons. The van der Waals surface area contributed by atoms with E-state index in [1.807, 2.05) is 47.9 Å². The maximum Gasteiger partial charge on any atom is 0.341 e. The lowest BCUT2D eigenvalue weighted by molar-refractivity contribution is -0.139. The normalized spacial score (nSPS) is 10.8. The first-order chi connectivity index (χ1) is 13.4. The fourth-order valence-corrected chi connectivity index (χ4v) is 3.39. The van der Waals surface area contributed by atoms with Gasteiger partial charge in [0, 0.05) is 17.8 Å². The van der Waals surface area contributed by atoms with Gasteiger partial charge in [-0.2, -0.15) is 0 Å². The molecule has 0 saturated carbocycles. The van der Waals surface area contributed by atoms with E-state index in [2.05, 4.69) is 0 Å². The van der Waals surface area contributed by atoms with Crippen molar-refractivity contribution in [2.75, 3.05) is 6.61 Å². The van der Waals surface area contributed by atoms with Gasteiger partial charge in [0.05, 0.1) is 10.9 Å². The van der Waals surface area contributed by atoms with Gasteiger partial charge in [0.2, 0.25) is 0 Å². The molecule has 1 heterocycles. The van der Waals surface area contributed by atoms with Gasteiger partial charge in [-0.05, 0) is 24.1 Å². The van der Waals surface area contributed by atoms with Crippen molar-refractivity contribution in [3.05, 3.63) is 65.4 Å². The Morgan fingerprint density at radius 1 is 1.14 bits per heavy atom. The number of amides is 1. The molecular weight excluding hydrogens is 358 g/mol. The summed E-state index contributed by atoms with van der Waals surface area (Å²) in [5.74, 6) is -1.65. The minimum Gasteiger partial charge on any atom is -0.481 e. The first-order valence-electron chi connectivity index (χ1n) is 8.85. The molecule has 1 amide bonds. The van der Waals surface area contributed by atoms with Gasteiger partial charge in [-0.15, -0.1) is 0 Å². The van der Waals surface area contributed by atoms with Crippen LogP contribution in [0.15, 0.2) is 48.5 Å². The van der Waals surface area contributed by atoms with Gasteiger partial charge >= 0.3 is 5.97 Å². The van der Waals surface area contributed by atoms with E-state index in [9.17, 15) is 9.59 Å². The van der Waals surface area contributed by atoms with Crippen LogP contribution in [0.1, 0.15) is 23.7 Å². The van der Waals surface area contributed by atoms with Crippen LogP contribution in [0.4, 0.5) is 0 Å². The first kappa shape index (κ1) is 19.2. The zero-order valence-corrected chi connectivity index (χ0v) is 15.4. The summed E-state index contributed by atoms with van der Waals surface area (Å²) in [5, 5.41) is 17.8. The van der Waals surface area contributed by atoms with Gasteiger partial charge in [-0.25, -0.2) is 4.79 Å². The number of aromatic nitrogens is 1. The lowest BCUT2D eigenvalue weighted by Gasteiger charge is -2.11. The van der Waals surface area contributed by atoms with E-state index in [1.54, 1.807) is 12.1 Å². The summed E-state index contributed by atoms with van der Waals surface area (Å²) in [5.41, 5.74) is 8.07. The summed E-state index contributed by atoms with van der Waals surface area (Å²) < 4.78 is 7.47. The number of carbonyl (C=O) groups excluding carboxylic acids is 1. The summed E-state index contributed by atoms with van der Waals surface area (Å²) in [6.45, 7) is 1.95. The molecule has 7 heteroatoms. The van der Waals surface area contributed by atoms with Crippen molar-refractivity contribution in [1.82, 2.24) is 4.57 Å². The molecular formula is C21H21N3O4. The number of benzene rings is 2. The predicted molar refractivity (Wildman–Crippen MR) is 106 cm³/mol. The molecule has 0 aliphatic heterocycles. The third-order valence-corrected chi connectivity index (χ3v) is 4.53. The lowest BCUT2D eigenvalue weighted by atomic mass is 10.0. The largest absolute Gasteiger partial charge is 0.481 e. The van der Waals surface area contributed by atoms with Crippen molar-refractivity contribution in [3.8, 4) is 5.75 Å². The summed E-state index contributed by atoms with van der Waals surface area (Å²) in [6.07, 6.45) is 0.560. The van der Waals surface area contributed by atoms with Gasteiger partial charge in [-0.1, -0.05) is 43.3 Å².